The summed E-state index contributed by atoms with van der Waals surface area (Å²) in [5.74, 6) is -0.408. The van der Waals surface area contributed by atoms with E-state index < -0.39 is 18.3 Å². The molecule has 2 rings (SSSR count). The zero-order valence-corrected chi connectivity index (χ0v) is 9.46. The number of esters is 1. The summed E-state index contributed by atoms with van der Waals surface area (Å²) in [5.41, 5.74) is 0.903. The fraction of sp³-hybridized carbons (Fsp3) is 0.333. The van der Waals surface area contributed by atoms with Gasteiger partial charge in [0.1, 0.15) is 13.2 Å². The van der Waals surface area contributed by atoms with Gasteiger partial charge in [0, 0.05) is 0 Å². The Labute approximate surface area is 98.9 Å². The van der Waals surface area contributed by atoms with Gasteiger partial charge >= 0.3 is 12.1 Å². The fourth-order valence-corrected chi connectivity index (χ4v) is 1.57. The molecule has 1 amide bonds. The second-order valence-corrected chi connectivity index (χ2v) is 3.76. The molecule has 0 N–H and O–H groups in total. The highest BCUT2D eigenvalue weighted by Gasteiger charge is 2.33. The lowest BCUT2D eigenvalue weighted by Crippen LogP contribution is -2.34. The fourth-order valence-electron chi connectivity index (χ4n) is 1.57. The molecule has 1 heterocycles. The van der Waals surface area contributed by atoms with Crippen molar-refractivity contribution in [3.8, 4) is 0 Å². The molecule has 0 saturated carbocycles. The van der Waals surface area contributed by atoms with Gasteiger partial charge < -0.3 is 9.47 Å². The van der Waals surface area contributed by atoms with E-state index in [0.717, 1.165) is 5.56 Å². The van der Waals surface area contributed by atoms with E-state index >= 15 is 0 Å². The molecule has 17 heavy (non-hydrogen) atoms. The zero-order valence-electron chi connectivity index (χ0n) is 9.46. The molecule has 1 aromatic carbocycles. The van der Waals surface area contributed by atoms with Crippen molar-refractivity contribution in [1.82, 2.24) is 4.90 Å². The Morgan fingerprint density at radius 2 is 2.18 bits per heavy atom. The van der Waals surface area contributed by atoms with E-state index in [1.54, 1.807) is 6.92 Å². The molecule has 1 aliphatic rings. The van der Waals surface area contributed by atoms with Gasteiger partial charge in [-0.15, -0.1) is 0 Å². The molecule has 5 heteroatoms. The number of benzene rings is 1. The molecule has 1 fully saturated rings. The molecular weight excluding hydrogens is 222 g/mol. The lowest BCUT2D eigenvalue weighted by molar-refractivity contribution is -0.140. The third-order valence-electron chi connectivity index (χ3n) is 2.48. The summed E-state index contributed by atoms with van der Waals surface area (Å²) in [6.07, 6.45) is -1.09. The van der Waals surface area contributed by atoms with Crippen LogP contribution in [0.1, 0.15) is 12.5 Å². The van der Waals surface area contributed by atoms with Gasteiger partial charge in [-0.1, -0.05) is 30.3 Å². The van der Waals surface area contributed by atoms with E-state index in [1.807, 2.05) is 30.3 Å². The summed E-state index contributed by atoms with van der Waals surface area (Å²) in [6, 6.07) is 9.35. The van der Waals surface area contributed by atoms with Crippen LogP contribution >= 0.6 is 0 Å². The second kappa shape index (κ2) is 4.86. The van der Waals surface area contributed by atoms with Crippen LogP contribution in [0.15, 0.2) is 30.3 Å². The van der Waals surface area contributed by atoms with Crippen molar-refractivity contribution in [1.29, 1.82) is 0 Å². The van der Waals surface area contributed by atoms with Crippen molar-refractivity contribution in [3.63, 3.8) is 0 Å². The zero-order chi connectivity index (χ0) is 12.3. The summed E-state index contributed by atoms with van der Waals surface area (Å²) in [5, 5.41) is 0. The van der Waals surface area contributed by atoms with Crippen molar-refractivity contribution < 1.29 is 19.1 Å². The third-order valence-corrected chi connectivity index (χ3v) is 2.48. The highest BCUT2D eigenvalue weighted by Crippen LogP contribution is 2.12. The lowest BCUT2D eigenvalue weighted by Gasteiger charge is -2.17. The highest BCUT2D eigenvalue weighted by atomic mass is 16.6. The topological polar surface area (TPSA) is 55.8 Å². The molecule has 5 nitrogen and oxygen atoms in total. The number of ether oxygens (including phenoxy) is 2. The van der Waals surface area contributed by atoms with Gasteiger partial charge in [0.2, 0.25) is 0 Å². The summed E-state index contributed by atoms with van der Waals surface area (Å²) in [7, 11) is 0. The van der Waals surface area contributed by atoms with E-state index in [0.29, 0.717) is 0 Å². The number of amides is 1. The van der Waals surface area contributed by atoms with E-state index in [1.165, 1.54) is 4.90 Å². The minimum absolute atomic E-state index is 0.0468. The summed E-state index contributed by atoms with van der Waals surface area (Å²) in [4.78, 5) is 23.9. The highest BCUT2D eigenvalue weighted by molar-refractivity contribution is 5.81. The number of rotatable bonds is 2. The van der Waals surface area contributed by atoms with Crippen LogP contribution in [0.5, 0.6) is 0 Å². The van der Waals surface area contributed by atoms with Crippen LogP contribution in [0.2, 0.25) is 0 Å². The standard InChI is InChI=1S/C12H13NO4/c1-9-13(7-11(14)17-9)12(15)16-8-10-5-3-2-4-6-10/h2-6,9H,7-8H2,1H3/t9-/m1/s1. The number of carbonyl (C=O) groups is 2. The van der Waals surface area contributed by atoms with Crippen LogP contribution in [-0.4, -0.2) is 29.7 Å². The van der Waals surface area contributed by atoms with E-state index in [-0.39, 0.29) is 13.2 Å². The van der Waals surface area contributed by atoms with Gasteiger partial charge in [-0.3, -0.25) is 9.69 Å². The maximum atomic E-state index is 11.6. The van der Waals surface area contributed by atoms with Crippen molar-refractivity contribution >= 4 is 12.1 Å². The number of hydrogen-bond donors (Lipinski definition) is 0. The van der Waals surface area contributed by atoms with Crippen molar-refractivity contribution in [2.24, 2.45) is 0 Å². The molecule has 1 saturated heterocycles. The Bertz CT molecular complexity index is 418. The number of carbonyl (C=O) groups excluding carboxylic acids is 2. The molecule has 0 aromatic heterocycles. The molecule has 90 valence electrons. The third kappa shape index (κ3) is 2.75. The van der Waals surface area contributed by atoms with Gasteiger partial charge in [0.05, 0.1) is 0 Å². The quantitative estimate of drug-likeness (QED) is 0.729. The maximum Gasteiger partial charge on any atom is 0.413 e. The van der Waals surface area contributed by atoms with Crippen molar-refractivity contribution in [3.05, 3.63) is 35.9 Å². The normalized spacial score (nSPS) is 19.0. The van der Waals surface area contributed by atoms with Gasteiger partial charge in [-0.25, -0.2) is 4.79 Å². The Morgan fingerprint density at radius 1 is 1.47 bits per heavy atom. The largest absolute Gasteiger partial charge is 0.444 e. The Morgan fingerprint density at radius 3 is 2.76 bits per heavy atom. The number of cyclic esters (lactones) is 1. The van der Waals surface area contributed by atoms with E-state index in [2.05, 4.69) is 0 Å². The summed E-state index contributed by atoms with van der Waals surface area (Å²) >= 11 is 0. The van der Waals surface area contributed by atoms with Crippen LogP contribution in [0.3, 0.4) is 0 Å². The van der Waals surface area contributed by atoms with Crippen LogP contribution in [0.4, 0.5) is 4.79 Å². The molecule has 1 aromatic rings. The Hall–Kier alpha value is -2.04. The van der Waals surface area contributed by atoms with E-state index in [9.17, 15) is 9.59 Å². The average Bonchev–Trinajstić information content (AvgIpc) is 2.67. The summed E-state index contributed by atoms with van der Waals surface area (Å²) < 4.78 is 9.92. The lowest BCUT2D eigenvalue weighted by atomic mass is 10.2. The summed E-state index contributed by atoms with van der Waals surface area (Å²) in [6.45, 7) is 1.78. The Kier molecular flexibility index (Phi) is 3.27. The molecule has 0 bridgehead atoms. The average molecular weight is 235 g/mol. The molecule has 0 aliphatic carbocycles. The number of nitrogens with zero attached hydrogens (tertiary/aromatic N) is 1. The molecule has 0 spiro atoms. The first-order chi connectivity index (χ1) is 8.16. The Balaban J connectivity index is 1.88. The first kappa shape index (κ1) is 11.4. The predicted octanol–water partition coefficient (Wildman–Crippen LogP) is 1.53. The van der Waals surface area contributed by atoms with E-state index in [4.69, 9.17) is 9.47 Å². The van der Waals surface area contributed by atoms with Gasteiger partial charge in [0.15, 0.2) is 6.23 Å². The SMILES string of the molecule is C[C@H]1OC(=O)CN1C(=O)OCc1ccccc1. The predicted molar refractivity (Wildman–Crippen MR) is 58.9 cm³/mol. The first-order valence-electron chi connectivity index (χ1n) is 5.33. The molecular formula is C12H13NO4. The van der Waals surface area contributed by atoms with Gasteiger partial charge in [0.25, 0.3) is 0 Å². The first-order valence-corrected chi connectivity index (χ1v) is 5.33. The molecule has 0 unspecified atom stereocenters. The van der Waals surface area contributed by atoms with Crippen LogP contribution in [0.25, 0.3) is 0 Å². The van der Waals surface area contributed by atoms with Crippen molar-refractivity contribution in [2.75, 3.05) is 6.54 Å². The van der Waals surface area contributed by atoms with Crippen LogP contribution in [0, 0.1) is 0 Å². The molecule has 1 atom stereocenters. The van der Waals surface area contributed by atoms with Crippen LogP contribution in [-0.2, 0) is 20.9 Å². The monoisotopic (exact) mass is 235 g/mol. The van der Waals surface area contributed by atoms with Crippen molar-refractivity contribution in [2.45, 2.75) is 19.8 Å². The maximum absolute atomic E-state index is 11.6. The van der Waals surface area contributed by atoms with Crippen LogP contribution < -0.4 is 0 Å². The number of hydrogen-bond acceptors (Lipinski definition) is 4. The second-order valence-electron chi connectivity index (χ2n) is 3.76. The minimum Gasteiger partial charge on any atom is -0.444 e. The molecule has 1 aliphatic heterocycles. The smallest absolute Gasteiger partial charge is 0.413 e. The van der Waals surface area contributed by atoms with Gasteiger partial charge in [-0.2, -0.15) is 0 Å². The minimum atomic E-state index is -0.550. The van der Waals surface area contributed by atoms with Gasteiger partial charge in [-0.05, 0) is 12.5 Å². The molecule has 0 radical (unpaired) electrons.